The molecular weight excluding hydrogens is 243 g/mol. The molecule has 1 fully saturated rings. The van der Waals surface area contributed by atoms with Crippen molar-refractivity contribution in [3.63, 3.8) is 0 Å². The molecule has 1 N–H and O–H groups in total. The molecule has 1 aliphatic heterocycles. The number of ether oxygens (including phenoxy) is 1. The third kappa shape index (κ3) is 3.91. The highest BCUT2D eigenvalue weighted by atomic mass is 19.1. The first-order chi connectivity index (χ1) is 9.22. The van der Waals surface area contributed by atoms with Crippen LogP contribution < -0.4 is 10.1 Å². The normalized spacial score (nSPS) is 19.8. The molecule has 106 valence electrons. The molecule has 0 saturated carbocycles. The number of likely N-dealkylation sites (tertiary alicyclic amines) is 1. The maximum Gasteiger partial charge on any atom is 0.165 e. The van der Waals surface area contributed by atoms with Crippen LogP contribution >= 0.6 is 0 Å². The van der Waals surface area contributed by atoms with Crippen molar-refractivity contribution in [2.24, 2.45) is 5.92 Å². The number of rotatable bonds is 6. The SMILES string of the molecule is CCN1CCC(CNCc2ccc(OC)c(F)c2)C1. The lowest BCUT2D eigenvalue weighted by Crippen LogP contribution is -2.26. The van der Waals surface area contributed by atoms with Crippen LogP contribution in [0.2, 0.25) is 0 Å². The van der Waals surface area contributed by atoms with Crippen LogP contribution in [0.5, 0.6) is 5.75 Å². The molecule has 0 amide bonds. The van der Waals surface area contributed by atoms with Crippen LogP contribution in [0, 0.1) is 11.7 Å². The van der Waals surface area contributed by atoms with Gasteiger partial charge in [0.15, 0.2) is 11.6 Å². The first kappa shape index (κ1) is 14.3. The van der Waals surface area contributed by atoms with E-state index >= 15 is 0 Å². The van der Waals surface area contributed by atoms with E-state index in [9.17, 15) is 4.39 Å². The van der Waals surface area contributed by atoms with Crippen molar-refractivity contribution in [3.05, 3.63) is 29.6 Å². The molecule has 1 unspecified atom stereocenters. The van der Waals surface area contributed by atoms with Gasteiger partial charge in [0, 0.05) is 13.1 Å². The van der Waals surface area contributed by atoms with Gasteiger partial charge in [0.25, 0.3) is 0 Å². The van der Waals surface area contributed by atoms with Crippen molar-refractivity contribution in [1.82, 2.24) is 10.2 Å². The van der Waals surface area contributed by atoms with Crippen LogP contribution in [-0.4, -0.2) is 38.2 Å². The van der Waals surface area contributed by atoms with Crippen molar-refractivity contribution in [3.8, 4) is 5.75 Å². The molecule has 1 aromatic carbocycles. The Morgan fingerprint density at radius 1 is 1.47 bits per heavy atom. The van der Waals surface area contributed by atoms with E-state index in [4.69, 9.17) is 4.74 Å². The average Bonchev–Trinajstić information content (AvgIpc) is 2.87. The van der Waals surface area contributed by atoms with Gasteiger partial charge in [-0.15, -0.1) is 0 Å². The fourth-order valence-corrected chi connectivity index (χ4v) is 2.61. The molecule has 1 aromatic rings. The second kappa shape index (κ2) is 6.87. The van der Waals surface area contributed by atoms with Crippen molar-refractivity contribution >= 4 is 0 Å². The highest BCUT2D eigenvalue weighted by Gasteiger charge is 2.20. The van der Waals surface area contributed by atoms with Gasteiger partial charge in [-0.2, -0.15) is 0 Å². The monoisotopic (exact) mass is 266 g/mol. The molecule has 1 saturated heterocycles. The number of hydrogen-bond acceptors (Lipinski definition) is 3. The zero-order chi connectivity index (χ0) is 13.7. The minimum Gasteiger partial charge on any atom is -0.494 e. The maximum absolute atomic E-state index is 13.5. The predicted molar refractivity (Wildman–Crippen MR) is 74.9 cm³/mol. The predicted octanol–water partition coefficient (Wildman–Crippen LogP) is 2.27. The Bertz CT molecular complexity index is 411. The second-order valence-corrected chi connectivity index (χ2v) is 5.15. The molecule has 0 bridgehead atoms. The quantitative estimate of drug-likeness (QED) is 0.855. The standard InChI is InChI=1S/C15H23FN2O/c1-3-18-7-6-13(11-18)10-17-9-12-4-5-15(19-2)14(16)8-12/h4-5,8,13,17H,3,6-7,9-11H2,1-2H3. The topological polar surface area (TPSA) is 24.5 Å². The Hall–Kier alpha value is -1.13. The number of hydrogen-bond donors (Lipinski definition) is 1. The van der Waals surface area contributed by atoms with Crippen LogP contribution in [0.1, 0.15) is 18.9 Å². The van der Waals surface area contributed by atoms with Crippen LogP contribution in [0.25, 0.3) is 0 Å². The van der Waals surface area contributed by atoms with Gasteiger partial charge in [-0.1, -0.05) is 13.0 Å². The fourth-order valence-electron chi connectivity index (χ4n) is 2.61. The van der Waals surface area contributed by atoms with E-state index in [1.165, 1.54) is 26.6 Å². The zero-order valence-corrected chi connectivity index (χ0v) is 11.8. The van der Waals surface area contributed by atoms with Gasteiger partial charge in [-0.25, -0.2) is 4.39 Å². The second-order valence-electron chi connectivity index (χ2n) is 5.15. The van der Waals surface area contributed by atoms with Gasteiger partial charge >= 0.3 is 0 Å². The Morgan fingerprint density at radius 2 is 2.32 bits per heavy atom. The third-order valence-corrected chi connectivity index (χ3v) is 3.80. The fraction of sp³-hybridized carbons (Fsp3) is 0.600. The van der Waals surface area contributed by atoms with Crippen LogP contribution in [0.3, 0.4) is 0 Å². The number of halogens is 1. The Balaban J connectivity index is 1.75. The van der Waals surface area contributed by atoms with Crippen LogP contribution in [0.4, 0.5) is 4.39 Å². The number of benzene rings is 1. The lowest BCUT2D eigenvalue weighted by molar-refractivity contribution is 0.339. The zero-order valence-electron chi connectivity index (χ0n) is 11.8. The molecule has 0 aliphatic carbocycles. The van der Waals surface area contributed by atoms with Gasteiger partial charge in [-0.3, -0.25) is 0 Å². The maximum atomic E-state index is 13.5. The largest absolute Gasteiger partial charge is 0.494 e. The minimum atomic E-state index is -0.292. The Labute approximate surface area is 114 Å². The van der Waals surface area contributed by atoms with Gasteiger partial charge in [0.05, 0.1) is 7.11 Å². The molecule has 4 heteroatoms. The molecule has 1 aliphatic rings. The summed E-state index contributed by atoms with van der Waals surface area (Å²) in [6.45, 7) is 7.45. The first-order valence-electron chi connectivity index (χ1n) is 6.98. The number of nitrogens with zero attached hydrogens (tertiary/aromatic N) is 1. The highest BCUT2D eigenvalue weighted by Crippen LogP contribution is 2.18. The molecule has 1 atom stereocenters. The lowest BCUT2D eigenvalue weighted by Gasteiger charge is -2.14. The minimum absolute atomic E-state index is 0.292. The molecule has 0 spiro atoms. The third-order valence-electron chi connectivity index (χ3n) is 3.80. The summed E-state index contributed by atoms with van der Waals surface area (Å²) >= 11 is 0. The first-order valence-corrected chi connectivity index (χ1v) is 6.98. The molecule has 1 heterocycles. The van der Waals surface area contributed by atoms with E-state index in [-0.39, 0.29) is 5.82 Å². The molecule has 0 aromatic heterocycles. The van der Waals surface area contributed by atoms with E-state index in [0.717, 1.165) is 24.6 Å². The summed E-state index contributed by atoms with van der Waals surface area (Å²) in [5.74, 6) is 0.737. The summed E-state index contributed by atoms with van der Waals surface area (Å²) in [5, 5.41) is 3.42. The van der Waals surface area contributed by atoms with Crippen molar-refractivity contribution < 1.29 is 9.13 Å². The van der Waals surface area contributed by atoms with E-state index in [0.29, 0.717) is 12.3 Å². The summed E-state index contributed by atoms with van der Waals surface area (Å²) in [6.07, 6.45) is 1.26. The molecule has 2 rings (SSSR count). The highest BCUT2D eigenvalue weighted by molar-refractivity contribution is 5.29. The molecule has 19 heavy (non-hydrogen) atoms. The summed E-state index contributed by atoms with van der Waals surface area (Å²) in [6, 6.07) is 5.13. The van der Waals surface area contributed by atoms with Gasteiger partial charge in [0.1, 0.15) is 0 Å². The van der Waals surface area contributed by atoms with E-state index in [2.05, 4.69) is 17.1 Å². The van der Waals surface area contributed by atoms with Gasteiger partial charge in [0.2, 0.25) is 0 Å². The summed E-state index contributed by atoms with van der Waals surface area (Å²) in [7, 11) is 1.48. The van der Waals surface area contributed by atoms with E-state index in [1.54, 1.807) is 12.1 Å². The Kier molecular flexibility index (Phi) is 5.16. The average molecular weight is 266 g/mol. The molecular formula is C15H23FN2O. The smallest absolute Gasteiger partial charge is 0.165 e. The summed E-state index contributed by atoms with van der Waals surface area (Å²) in [5.41, 5.74) is 0.962. The molecule has 0 radical (unpaired) electrons. The van der Waals surface area contributed by atoms with Crippen molar-refractivity contribution in [1.29, 1.82) is 0 Å². The summed E-state index contributed by atoms with van der Waals surface area (Å²) < 4.78 is 18.4. The lowest BCUT2D eigenvalue weighted by atomic mass is 10.1. The van der Waals surface area contributed by atoms with Gasteiger partial charge in [-0.05, 0) is 49.7 Å². The molecule has 3 nitrogen and oxygen atoms in total. The van der Waals surface area contributed by atoms with Crippen LogP contribution in [-0.2, 0) is 6.54 Å². The number of methoxy groups -OCH3 is 1. The van der Waals surface area contributed by atoms with Crippen LogP contribution in [0.15, 0.2) is 18.2 Å². The van der Waals surface area contributed by atoms with E-state index < -0.39 is 0 Å². The van der Waals surface area contributed by atoms with Crippen molar-refractivity contribution in [2.75, 3.05) is 33.3 Å². The van der Waals surface area contributed by atoms with Gasteiger partial charge < -0.3 is 15.0 Å². The number of nitrogens with one attached hydrogen (secondary N) is 1. The summed E-state index contributed by atoms with van der Waals surface area (Å²) in [4.78, 5) is 2.47. The Morgan fingerprint density at radius 3 is 2.95 bits per heavy atom. The van der Waals surface area contributed by atoms with E-state index in [1.807, 2.05) is 6.07 Å². The van der Waals surface area contributed by atoms with Crippen molar-refractivity contribution in [2.45, 2.75) is 19.9 Å².